The van der Waals surface area contributed by atoms with Crippen molar-refractivity contribution in [2.75, 3.05) is 5.73 Å². The number of nitrogen functional groups attached to an aromatic ring is 1. The lowest BCUT2D eigenvalue weighted by atomic mass is 10.0. The first-order valence-corrected chi connectivity index (χ1v) is 6.10. The summed E-state index contributed by atoms with van der Waals surface area (Å²) in [6.07, 6.45) is 0. The molecule has 0 amide bonds. The molecule has 92 valence electrons. The first kappa shape index (κ1) is 12.9. The molecule has 0 aliphatic carbocycles. The van der Waals surface area contributed by atoms with E-state index in [0.717, 1.165) is 5.56 Å². The van der Waals surface area contributed by atoms with Crippen molar-refractivity contribution in [3.8, 4) is 0 Å². The number of halogens is 2. The van der Waals surface area contributed by atoms with E-state index in [1.807, 2.05) is 19.1 Å². The molecule has 2 nitrogen and oxygen atoms in total. The number of carbonyl (C=O) groups is 1. The third kappa shape index (κ3) is 2.50. The highest BCUT2D eigenvalue weighted by molar-refractivity contribution is 6.39. The van der Waals surface area contributed by atoms with Gasteiger partial charge < -0.3 is 5.73 Å². The normalized spacial score (nSPS) is 10.4. The molecule has 0 aromatic heterocycles. The van der Waals surface area contributed by atoms with E-state index < -0.39 is 0 Å². The number of nitrogens with two attached hydrogens (primary N) is 1. The molecule has 0 bridgehead atoms. The molecule has 0 unspecified atom stereocenters. The smallest absolute Gasteiger partial charge is 0.193 e. The summed E-state index contributed by atoms with van der Waals surface area (Å²) in [6, 6.07) is 10.4. The zero-order valence-corrected chi connectivity index (χ0v) is 11.2. The van der Waals surface area contributed by atoms with Crippen LogP contribution in [-0.4, -0.2) is 5.78 Å². The molecular formula is C14H11Cl2NO. The Kier molecular flexibility index (Phi) is 3.60. The highest BCUT2D eigenvalue weighted by Gasteiger charge is 2.12. The predicted molar refractivity (Wildman–Crippen MR) is 75.5 cm³/mol. The Bertz CT molecular complexity index is 583. The molecule has 0 aliphatic rings. The van der Waals surface area contributed by atoms with Gasteiger partial charge in [-0.25, -0.2) is 0 Å². The molecule has 0 atom stereocenters. The van der Waals surface area contributed by atoms with Gasteiger partial charge in [0.2, 0.25) is 0 Å². The molecule has 0 fully saturated rings. The topological polar surface area (TPSA) is 43.1 Å². The van der Waals surface area contributed by atoms with Crippen LogP contribution >= 0.6 is 23.2 Å². The van der Waals surface area contributed by atoms with Crippen LogP contribution in [0.3, 0.4) is 0 Å². The quantitative estimate of drug-likeness (QED) is 0.664. The number of aryl methyl sites for hydroxylation is 1. The van der Waals surface area contributed by atoms with Crippen LogP contribution in [0.5, 0.6) is 0 Å². The highest BCUT2D eigenvalue weighted by atomic mass is 35.5. The average Bonchev–Trinajstić information content (AvgIpc) is 2.35. The molecule has 0 radical (unpaired) electrons. The third-order valence-electron chi connectivity index (χ3n) is 2.65. The summed E-state index contributed by atoms with van der Waals surface area (Å²) in [5.41, 5.74) is 8.05. The zero-order chi connectivity index (χ0) is 13.3. The molecule has 2 N–H and O–H groups in total. The van der Waals surface area contributed by atoms with Gasteiger partial charge in [0.15, 0.2) is 5.78 Å². The Morgan fingerprint density at radius 1 is 1.00 bits per heavy atom. The molecule has 4 heteroatoms. The summed E-state index contributed by atoms with van der Waals surface area (Å²) in [7, 11) is 0. The highest BCUT2D eigenvalue weighted by Crippen LogP contribution is 2.29. The van der Waals surface area contributed by atoms with Crippen molar-refractivity contribution in [3.63, 3.8) is 0 Å². The molecular weight excluding hydrogens is 269 g/mol. The lowest BCUT2D eigenvalue weighted by Gasteiger charge is -2.06. The Morgan fingerprint density at radius 3 is 2.00 bits per heavy atom. The van der Waals surface area contributed by atoms with Gasteiger partial charge in [-0.1, -0.05) is 53.0 Å². The molecule has 2 rings (SSSR count). The van der Waals surface area contributed by atoms with E-state index >= 15 is 0 Å². The van der Waals surface area contributed by atoms with E-state index in [-0.39, 0.29) is 15.8 Å². The first-order valence-electron chi connectivity index (χ1n) is 5.35. The second-order valence-corrected chi connectivity index (χ2v) is 4.86. The number of benzene rings is 2. The predicted octanol–water partition coefficient (Wildman–Crippen LogP) is 4.12. The maximum absolute atomic E-state index is 12.2. The summed E-state index contributed by atoms with van der Waals surface area (Å²) >= 11 is 11.8. The second kappa shape index (κ2) is 5.01. The van der Waals surface area contributed by atoms with Crippen LogP contribution in [0.15, 0.2) is 36.4 Å². The van der Waals surface area contributed by atoms with Crippen molar-refractivity contribution < 1.29 is 4.79 Å². The van der Waals surface area contributed by atoms with E-state index in [1.54, 1.807) is 12.1 Å². The van der Waals surface area contributed by atoms with E-state index in [2.05, 4.69) is 0 Å². The number of anilines is 1. The number of rotatable bonds is 2. The molecule has 2 aromatic carbocycles. The second-order valence-electron chi connectivity index (χ2n) is 4.05. The summed E-state index contributed by atoms with van der Waals surface area (Å²) < 4.78 is 0. The van der Waals surface area contributed by atoms with E-state index in [9.17, 15) is 4.79 Å². The standard InChI is InChI=1S/C14H11Cl2NO/c1-8-2-4-9(5-3-8)14(18)10-6-11(15)13(17)12(16)7-10/h2-7H,17H2,1H3. The molecule has 2 aromatic rings. The number of hydrogen-bond acceptors (Lipinski definition) is 2. The Balaban J connectivity index is 2.43. The summed E-state index contributed by atoms with van der Waals surface area (Å²) in [5.74, 6) is -0.126. The minimum atomic E-state index is -0.126. The van der Waals surface area contributed by atoms with Gasteiger partial charge in [0.1, 0.15) is 0 Å². The van der Waals surface area contributed by atoms with Gasteiger partial charge in [-0.3, -0.25) is 4.79 Å². The molecule has 0 aliphatic heterocycles. The van der Waals surface area contributed by atoms with Crippen LogP contribution in [0, 0.1) is 6.92 Å². The van der Waals surface area contributed by atoms with Crippen LogP contribution in [0.25, 0.3) is 0 Å². The molecule has 0 saturated carbocycles. The van der Waals surface area contributed by atoms with Crippen molar-refractivity contribution in [1.82, 2.24) is 0 Å². The van der Waals surface area contributed by atoms with Crippen molar-refractivity contribution in [2.24, 2.45) is 0 Å². The van der Waals surface area contributed by atoms with E-state index in [4.69, 9.17) is 28.9 Å². The number of carbonyl (C=O) groups excluding carboxylic acids is 1. The lowest BCUT2D eigenvalue weighted by molar-refractivity contribution is 0.103. The number of hydrogen-bond donors (Lipinski definition) is 1. The van der Waals surface area contributed by atoms with Gasteiger partial charge in [0, 0.05) is 11.1 Å². The largest absolute Gasteiger partial charge is 0.396 e. The molecule has 0 heterocycles. The summed E-state index contributed by atoms with van der Waals surface area (Å²) in [6.45, 7) is 1.96. The van der Waals surface area contributed by atoms with Crippen LogP contribution in [-0.2, 0) is 0 Å². The van der Waals surface area contributed by atoms with Gasteiger partial charge in [0.25, 0.3) is 0 Å². The number of ketones is 1. The average molecular weight is 280 g/mol. The van der Waals surface area contributed by atoms with E-state index in [1.165, 1.54) is 12.1 Å². The molecule has 0 spiro atoms. The fourth-order valence-electron chi connectivity index (χ4n) is 1.59. The summed E-state index contributed by atoms with van der Waals surface area (Å²) in [5, 5.41) is 0.580. The van der Waals surface area contributed by atoms with Crippen molar-refractivity contribution in [1.29, 1.82) is 0 Å². The van der Waals surface area contributed by atoms with Crippen LogP contribution in [0.4, 0.5) is 5.69 Å². The van der Waals surface area contributed by atoms with Crippen molar-refractivity contribution in [3.05, 3.63) is 63.1 Å². The first-order chi connectivity index (χ1) is 8.49. The van der Waals surface area contributed by atoms with Crippen LogP contribution in [0.2, 0.25) is 10.0 Å². The van der Waals surface area contributed by atoms with Gasteiger partial charge in [-0.05, 0) is 19.1 Å². The molecule has 18 heavy (non-hydrogen) atoms. The van der Waals surface area contributed by atoms with E-state index in [0.29, 0.717) is 16.8 Å². The van der Waals surface area contributed by atoms with Crippen LogP contribution < -0.4 is 5.73 Å². The monoisotopic (exact) mass is 279 g/mol. The van der Waals surface area contributed by atoms with Gasteiger partial charge in [-0.2, -0.15) is 0 Å². The Hall–Kier alpha value is -1.51. The van der Waals surface area contributed by atoms with Gasteiger partial charge in [0.05, 0.1) is 15.7 Å². The third-order valence-corrected chi connectivity index (χ3v) is 3.28. The minimum absolute atomic E-state index is 0.126. The van der Waals surface area contributed by atoms with Crippen molar-refractivity contribution >= 4 is 34.7 Å². The SMILES string of the molecule is Cc1ccc(C(=O)c2cc(Cl)c(N)c(Cl)c2)cc1. The van der Waals surface area contributed by atoms with Crippen LogP contribution in [0.1, 0.15) is 21.5 Å². The van der Waals surface area contributed by atoms with Gasteiger partial charge >= 0.3 is 0 Å². The maximum atomic E-state index is 12.2. The minimum Gasteiger partial charge on any atom is -0.396 e. The zero-order valence-electron chi connectivity index (χ0n) is 9.71. The maximum Gasteiger partial charge on any atom is 0.193 e. The fourth-order valence-corrected chi connectivity index (χ4v) is 2.07. The van der Waals surface area contributed by atoms with Gasteiger partial charge in [-0.15, -0.1) is 0 Å². The lowest BCUT2D eigenvalue weighted by Crippen LogP contribution is -2.02. The molecule has 0 saturated heterocycles. The fraction of sp³-hybridized carbons (Fsp3) is 0.0714. The summed E-state index contributed by atoms with van der Waals surface area (Å²) in [4.78, 5) is 12.2. The van der Waals surface area contributed by atoms with Crippen molar-refractivity contribution in [2.45, 2.75) is 6.92 Å². The Morgan fingerprint density at radius 2 is 1.50 bits per heavy atom. The Labute approximate surface area is 115 Å².